The SMILES string of the molecule is COc1cc(C(=O)OCC(=O)NCCc2ccc(S(N)(=O)=O)cc2)ccc1OCCC(C)C. The van der Waals surface area contributed by atoms with E-state index < -0.39 is 28.5 Å². The molecule has 33 heavy (non-hydrogen) atoms. The highest BCUT2D eigenvalue weighted by Crippen LogP contribution is 2.28. The molecule has 0 aromatic heterocycles. The van der Waals surface area contributed by atoms with E-state index in [4.69, 9.17) is 19.3 Å². The van der Waals surface area contributed by atoms with Crippen LogP contribution in [-0.4, -0.2) is 47.2 Å². The first-order valence-corrected chi connectivity index (χ1v) is 12.0. The van der Waals surface area contributed by atoms with Crippen LogP contribution in [-0.2, 0) is 26.0 Å². The molecule has 9 nitrogen and oxygen atoms in total. The predicted molar refractivity (Wildman–Crippen MR) is 123 cm³/mol. The van der Waals surface area contributed by atoms with Gasteiger partial charge < -0.3 is 19.5 Å². The number of rotatable bonds is 12. The highest BCUT2D eigenvalue weighted by Gasteiger charge is 2.14. The summed E-state index contributed by atoms with van der Waals surface area (Å²) in [5.41, 5.74) is 1.06. The Hall–Kier alpha value is -3.11. The van der Waals surface area contributed by atoms with Crippen LogP contribution in [0.15, 0.2) is 47.4 Å². The van der Waals surface area contributed by atoms with Gasteiger partial charge >= 0.3 is 5.97 Å². The van der Waals surface area contributed by atoms with Gasteiger partial charge in [0.15, 0.2) is 18.1 Å². The molecule has 0 bridgehead atoms. The molecule has 2 rings (SSSR count). The Balaban J connectivity index is 1.79. The third-order valence-electron chi connectivity index (χ3n) is 4.67. The highest BCUT2D eigenvalue weighted by molar-refractivity contribution is 7.89. The minimum Gasteiger partial charge on any atom is -0.493 e. The van der Waals surface area contributed by atoms with Gasteiger partial charge in [0, 0.05) is 6.54 Å². The summed E-state index contributed by atoms with van der Waals surface area (Å²) in [4.78, 5) is 24.3. The lowest BCUT2D eigenvalue weighted by molar-refractivity contribution is -0.124. The van der Waals surface area contributed by atoms with Gasteiger partial charge in [-0.3, -0.25) is 4.79 Å². The van der Waals surface area contributed by atoms with Gasteiger partial charge in [-0.25, -0.2) is 18.4 Å². The number of methoxy groups -OCH3 is 1. The zero-order valence-electron chi connectivity index (χ0n) is 19.0. The maximum absolute atomic E-state index is 12.3. The van der Waals surface area contributed by atoms with Crippen molar-refractivity contribution < 1.29 is 32.2 Å². The molecular formula is C23H30N2O7S. The van der Waals surface area contributed by atoms with Gasteiger partial charge in [-0.05, 0) is 54.7 Å². The first-order chi connectivity index (χ1) is 15.6. The first-order valence-electron chi connectivity index (χ1n) is 10.5. The van der Waals surface area contributed by atoms with Gasteiger partial charge in [-0.15, -0.1) is 0 Å². The summed E-state index contributed by atoms with van der Waals surface area (Å²) in [6.07, 6.45) is 1.36. The number of esters is 1. The van der Waals surface area contributed by atoms with Crippen LogP contribution in [0.2, 0.25) is 0 Å². The van der Waals surface area contributed by atoms with Crippen molar-refractivity contribution >= 4 is 21.9 Å². The van der Waals surface area contributed by atoms with Crippen molar-refractivity contribution in [2.45, 2.75) is 31.6 Å². The zero-order valence-corrected chi connectivity index (χ0v) is 19.8. The van der Waals surface area contributed by atoms with Crippen molar-refractivity contribution in [3.8, 4) is 11.5 Å². The Morgan fingerprint density at radius 2 is 1.76 bits per heavy atom. The summed E-state index contributed by atoms with van der Waals surface area (Å²) in [7, 11) is -2.26. The largest absolute Gasteiger partial charge is 0.493 e. The monoisotopic (exact) mass is 478 g/mol. The van der Waals surface area contributed by atoms with Gasteiger partial charge in [0.2, 0.25) is 10.0 Å². The number of sulfonamides is 1. The average Bonchev–Trinajstić information content (AvgIpc) is 2.77. The number of nitrogens with two attached hydrogens (primary N) is 1. The molecule has 0 aliphatic carbocycles. The molecule has 0 atom stereocenters. The number of hydrogen-bond acceptors (Lipinski definition) is 7. The number of carbonyl (C=O) groups excluding carboxylic acids is 2. The maximum Gasteiger partial charge on any atom is 0.338 e. The molecule has 0 unspecified atom stereocenters. The van der Waals surface area contributed by atoms with Crippen LogP contribution in [0.3, 0.4) is 0 Å². The summed E-state index contributed by atoms with van der Waals surface area (Å²) in [5, 5.41) is 7.70. The highest BCUT2D eigenvalue weighted by atomic mass is 32.2. The van der Waals surface area contributed by atoms with Crippen molar-refractivity contribution in [1.29, 1.82) is 0 Å². The number of primary sulfonamides is 1. The Kier molecular flexibility index (Phi) is 9.68. The molecule has 0 saturated heterocycles. The van der Waals surface area contributed by atoms with E-state index in [-0.39, 0.29) is 10.5 Å². The van der Waals surface area contributed by atoms with E-state index in [1.54, 1.807) is 24.3 Å². The van der Waals surface area contributed by atoms with E-state index in [0.29, 0.717) is 37.0 Å². The minimum atomic E-state index is -3.74. The lowest BCUT2D eigenvalue weighted by Gasteiger charge is -2.13. The average molecular weight is 479 g/mol. The Labute approximate surface area is 194 Å². The van der Waals surface area contributed by atoms with Crippen molar-refractivity contribution in [2.24, 2.45) is 11.1 Å². The summed E-state index contributed by atoms with van der Waals surface area (Å²) >= 11 is 0. The van der Waals surface area contributed by atoms with E-state index >= 15 is 0 Å². The van der Waals surface area contributed by atoms with E-state index in [1.807, 2.05) is 0 Å². The number of amides is 1. The summed E-state index contributed by atoms with van der Waals surface area (Å²) in [6, 6.07) is 10.8. The van der Waals surface area contributed by atoms with E-state index in [9.17, 15) is 18.0 Å². The molecule has 2 aromatic rings. The van der Waals surface area contributed by atoms with Crippen LogP contribution in [0.25, 0.3) is 0 Å². The molecular weight excluding hydrogens is 448 g/mol. The van der Waals surface area contributed by atoms with Crippen LogP contribution in [0.4, 0.5) is 0 Å². The quantitative estimate of drug-likeness (QED) is 0.447. The van der Waals surface area contributed by atoms with E-state index in [0.717, 1.165) is 12.0 Å². The van der Waals surface area contributed by atoms with Crippen molar-refractivity contribution in [3.63, 3.8) is 0 Å². The number of benzene rings is 2. The van der Waals surface area contributed by atoms with Gasteiger partial charge in [-0.1, -0.05) is 26.0 Å². The second-order valence-corrected chi connectivity index (χ2v) is 9.32. The Morgan fingerprint density at radius 3 is 2.36 bits per heavy atom. The lowest BCUT2D eigenvalue weighted by atomic mass is 10.1. The molecule has 0 aliphatic rings. The van der Waals surface area contributed by atoms with Crippen LogP contribution >= 0.6 is 0 Å². The molecule has 3 N–H and O–H groups in total. The third-order valence-corrected chi connectivity index (χ3v) is 5.60. The molecule has 0 saturated carbocycles. The first kappa shape index (κ1) is 26.1. The second kappa shape index (κ2) is 12.2. The second-order valence-electron chi connectivity index (χ2n) is 7.76. The normalized spacial score (nSPS) is 11.2. The minimum absolute atomic E-state index is 0.0222. The molecule has 0 heterocycles. The van der Waals surface area contributed by atoms with Crippen LogP contribution < -0.4 is 19.9 Å². The molecule has 0 spiro atoms. The van der Waals surface area contributed by atoms with Gasteiger partial charge in [0.25, 0.3) is 5.91 Å². The van der Waals surface area contributed by atoms with Crippen molar-refractivity contribution in [1.82, 2.24) is 5.32 Å². The molecule has 180 valence electrons. The smallest absolute Gasteiger partial charge is 0.338 e. The Morgan fingerprint density at radius 1 is 1.06 bits per heavy atom. The molecule has 0 aliphatic heterocycles. The fourth-order valence-corrected chi connectivity index (χ4v) is 3.29. The van der Waals surface area contributed by atoms with Gasteiger partial charge in [0.1, 0.15) is 0 Å². The standard InChI is InChI=1S/C23H30N2O7S/c1-16(2)11-13-31-20-9-6-18(14-21(20)30-3)23(27)32-15-22(26)25-12-10-17-4-7-19(8-5-17)33(24,28)29/h4-9,14,16H,10-13,15H2,1-3H3,(H,25,26)(H2,24,28,29). The third kappa shape index (κ3) is 8.74. The van der Waals surface area contributed by atoms with Gasteiger partial charge in [-0.2, -0.15) is 0 Å². The number of carbonyl (C=O) groups is 2. The number of nitrogens with one attached hydrogen (secondary N) is 1. The van der Waals surface area contributed by atoms with Gasteiger partial charge in [0.05, 0.1) is 24.2 Å². The lowest BCUT2D eigenvalue weighted by Crippen LogP contribution is -2.30. The van der Waals surface area contributed by atoms with Crippen molar-refractivity contribution in [3.05, 3.63) is 53.6 Å². The fourth-order valence-electron chi connectivity index (χ4n) is 2.78. The number of ether oxygens (including phenoxy) is 3. The maximum atomic E-state index is 12.3. The summed E-state index contributed by atoms with van der Waals surface area (Å²) in [6.45, 7) is 4.60. The Bertz CT molecular complexity index is 1050. The molecule has 10 heteroatoms. The van der Waals surface area contributed by atoms with E-state index in [2.05, 4.69) is 19.2 Å². The van der Waals surface area contributed by atoms with Crippen LogP contribution in [0.5, 0.6) is 11.5 Å². The summed E-state index contributed by atoms with van der Waals surface area (Å²) < 4.78 is 38.6. The fraction of sp³-hybridized carbons (Fsp3) is 0.391. The molecule has 0 fully saturated rings. The van der Waals surface area contributed by atoms with Crippen LogP contribution in [0, 0.1) is 5.92 Å². The topological polar surface area (TPSA) is 134 Å². The number of hydrogen-bond donors (Lipinski definition) is 2. The predicted octanol–water partition coefficient (Wildman–Crippen LogP) is 2.28. The molecule has 1 amide bonds. The van der Waals surface area contributed by atoms with Crippen molar-refractivity contribution in [2.75, 3.05) is 26.9 Å². The molecule has 2 aromatic carbocycles. The summed E-state index contributed by atoms with van der Waals surface area (Å²) in [5.74, 6) is 0.337. The zero-order chi connectivity index (χ0) is 24.4. The van der Waals surface area contributed by atoms with Crippen LogP contribution in [0.1, 0.15) is 36.2 Å². The molecule has 0 radical (unpaired) electrons. The van der Waals surface area contributed by atoms with E-state index in [1.165, 1.54) is 25.3 Å².